The Kier molecular flexibility index (Phi) is 7.04. The zero-order valence-electron chi connectivity index (χ0n) is 19.9. The van der Waals surface area contributed by atoms with E-state index >= 15 is 0 Å². The number of hydrogen-bond donors (Lipinski definition) is 1. The zero-order valence-corrected chi connectivity index (χ0v) is 21.5. The van der Waals surface area contributed by atoms with Gasteiger partial charge in [-0.05, 0) is 56.3 Å². The number of fused-ring (bicyclic) bond motifs is 3. The van der Waals surface area contributed by atoms with Crippen molar-refractivity contribution in [1.82, 2.24) is 19.8 Å². The number of hydrogen-bond acceptors (Lipinski definition) is 7. The SMILES string of the molecule is Cc1ccc(CN(C)CC=CC(=O)N2CCc3c(sc4ncnc(Nc5ccc(F)c(Cl)c5)c34)C2)o1. The third-order valence-corrected chi connectivity index (χ3v) is 7.44. The van der Waals surface area contributed by atoms with Gasteiger partial charge in [-0.3, -0.25) is 9.69 Å². The molecule has 0 saturated heterocycles. The molecule has 7 nitrogen and oxygen atoms in total. The Labute approximate surface area is 217 Å². The first-order chi connectivity index (χ1) is 17.4. The molecule has 1 aliphatic rings. The molecule has 0 unspecified atom stereocenters. The second-order valence-corrected chi connectivity index (χ2v) is 10.3. The Morgan fingerprint density at radius 1 is 1.33 bits per heavy atom. The number of anilines is 2. The number of rotatable bonds is 7. The van der Waals surface area contributed by atoms with E-state index in [2.05, 4.69) is 20.2 Å². The maximum atomic E-state index is 13.5. The second-order valence-electron chi connectivity index (χ2n) is 8.78. The van der Waals surface area contributed by atoms with Crippen LogP contribution in [0, 0.1) is 12.7 Å². The Morgan fingerprint density at radius 2 is 2.19 bits per heavy atom. The quantitative estimate of drug-likeness (QED) is 0.312. The van der Waals surface area contributed by atoms with E-state index in [-0.39, 0.29) is 10.9 Å². The lowest BCUT2D eigenvalue weighted by Crippen LogP contribution is -2.34. The molecule has 10 heteroatoms. The molecular formula is C26H25ClFN5O2S. The Balaban J connectivity index is 1.26. The van der Waals surface area contributed by atoms with Crippen LogP contribution in [0.1, 0.15) is 22.0 Å². The van der Waals surface area contributed by atoms with Crippen LogP contribution in [0.15, 0.2) is 53.2 Å². The summed E-state index contributed by atoms with van der Waals surface area (Å²) in [4.78, 5) is 27.6. The average molecular weight is 526 g/mol. The van der Waals surface area contributed by atoms with E-state index in [9.17, 15) is 9.18 Å². The van der Waals surface area contributed by atoms with Gasteiger partial charge in [-0.25, -0.2) is 14.4 Å². The number of thiophene rings is 1. The molecule has 0 bridgehead atoms. The van der Waals surface area contributed by atoms with Gasteiger partial charge in [-0.2, -0.15) is 0 Å². The second kappa shape index (κ2) is 10.4. The first kappa shape index (κ1) is 24.4. The summed E-state index contributed by atoms with van der Waals surface area (Å²) in [6.07, 6.45) is 5.75. The molecule has 1 aromatic carbocycles. The maximum absolute atomic E-state index is 13.5. The molecule has 0 spiro atoms. The first-order valence-electron chi connectivity index (χ1n) is 11.5. The van der Waals surface area contributed by atoms with Crippen LogP contribution in [0.25, 0.3) is 10.2 Å². The molecule has 5 rings (SSSR count). The highest BCUT2D eigenvalue weighted by molar-refractivity contribution is 7.19. The molecule has 186 valence electrons. The third-order valence-electron chi connectivity index (χ3n) is 6.03. The number of amides is 1. The monoisotopic (exact) mass is 525 g/mol. The van der Waals surface area contributed by atoms with E-state index in [1.165, 1.54) is 18.5 Å². The van der Waals surface area contributed by atoms with Crippen LogP contribution in [0.4, 0.5) is 15.9 Å². The van der Waals surface area contributed by atoms with Crippen LogP contribution in [0.3, 0.4) is 0 Å². The lowest BCUT2D eigenvalue weighted by molar-refractivity contribution is -0.126. The Bertz CT molecular complexity index is 1450. The summed E-state index contributed by atoms with van der Waals surface area (Å²) in [6, 6.07) is 8.39. The average Bonchev–Trinajstić information content (AvgIpc) is 3.44. The van der Waals surface area contributed by atoms with Crippen molar-refractivity contribution >= 4 is 50.6 Å². The van der Waals surface area contributed by atoms with Gasteiger partial charge in [0.2, 0.25) is 5.91 Å². The summed E-state index contributed by atoms with van der Waals surface area (Å²) in [5.41, 5.74) is 1.79. The molecule has 0 saturated carbocycles. The Hall–Kier alpha value is -3.27. The molecule has 1 N–H and O–H groups in total. The molecular weight excluding hydrogens is 501 g/mol. The molecule has 4 heterocycles. The molecule has 4 aromatic rings. The van der Waals surface area contributed by atoms with E-state index in [1.54, 1.807) is 23.5 Å². The smallest absolute Gasteiger partial charge is 0.246 e. The third kappa shape index (κ3) is 5.28. The van der Waals surface area contributed by atoms with Crippen LogP contribution in [-0.4, -0.2) is 45.8 Å². The van der Waals surface area contributed by atoms with Gasteiger partial charge in [0.1, 0.15) is 34.3 Å². The van der Waals surface area contributed by atoms with Crippen molar-refractivity contribution in [3.63, 3.8) is 0 Å². The normalized spacial score (nSPS) is 13.6. The number of nitrogens with one attached hydrogen (secondary N) is 1. The van der Waals surface area contributed by atoms with E-state index in [4.69, 9.17) is 16.0 Å². The van der Waals surface area contributed by atoms with Crippen molar-refractivity contribution in [2.45, 2.75) is 26.4 Å². The standard InChI is InChI=1S/C26H25ClFN5O2S/c1-16-5-7-18(35-16)13-32(2)10-3-4-23(34)33-11-9-19-22(14-33)36-26-24(19)25(29-15-30-26)31-17-6-8-21(28)20(27)12-17/h3-8,12,15H,9-11,13-14H2,1-2H3,(H,29,30,31). The van der Waals surface area contributed by atoms with Gasteiger partial charge in [0.05, 0.1) is 23.5 Å². The number of furan rings is 1. The topological polar surface area (TPSA) is 74.5 Å². The fourth-order valence-electron chi connectivity index (χ4n) is 4.26. The minimum Gasteiger partial charge on any atom is -0.465 e. The van der Waals surface area contributed by atoms with E-state index < -0.39 is 5.82 Å². The van der Waals surface area contributed by atoms with Gasteiger partial charge >= 0.3 is 0 Å². The predicted octanol–water partition coefficient (Wildman–Crippen LogP) is 5.70. The summed E-state index contributed by atoms with van der Waals surface area (Å²) >= 11 is 7.50. The van der Waals surface area contributed by atoms with E-state index in [0.717, 1.165) is 32.2 Å². The lowest BCUT2D eigenvalue weighted by Gasteiger charge is -2.26. The first-order valence-corrected chi connectivity index (χ1v) is 12.7. The lowest BCUT2D eigenvalue weighted by atomic mass is 10.0. The van der Waals surface area contributed by atoms with Gasteiger partial charge in [0.25, 0.3) is 0 Å². The maximum Gasteiger partial charge on any atom is 0.246 e. The highest BCUT2D eigenvalue weighted by Crippen LogP contribution is 2.38. The van der Waals surface area contributed by atoms with E-state index in [1.807, 2.05) is 37.1 Å². The number of aromatic nitrogens is 2. The largest absolute Gasteiger partial charge is 0.465 e. The van der Waals surface area contributed by atoms with Crippen molar-refractivity contribution in [3.8, 4) is 0 Å². The van der Waals surface area contributed by atoms with Crippen molar-refractivity contribution in [2.24, 2.45) is 0 Å². The van der Waals surface area contributed by atoms with Crippen LogP contribution in [-0.2, 0) is 24.3 Å². The molecule has 3 aromatic heterocycles. The molecule has 1 aliphatic heterocycles. The number of carbonyl (C=O) groups is 1. The highest BCUT2D eigenvalue weighted by Gasteiger charge is 2.25. The summed E-state index contributed by atoms with van der Waals surface area (Å²) in [5.74, 6) is 1.97. The number of halogens is 2. The zero-order chi connectivity index (χ0) is 25.2. The molecule has 0 atom stereocenters. The summed E-state index contributed by atoms with van der Waals surface area (Å²) in [7, 11) is 1.99. The van der Waals surface area contributed by atoms with Gasteiger partial charge in [0.15, 0.2) is 0 Å². The Morgan fingerprint density at radius 3 is 2.97 bits per heavy atom. The number of aryl methyl sites for hydroxylation is 1. The number of nitrogens with zero attached hydrogens (tertiary/aromatic N) is 4. The number of likely N-dealkylation sites (N-methyl/N-ethyl adjacent to an activating group) is 1. The van der Waals surface area contributed by atoms with Gasteiger partial charge in [-0.15, -0.1) is 11.3 Å². The molecule has 36 heavy (non-hydrogen) atoms. The van der Waals surface area contributed by atoms with Crippen molar-refractivity contribution in [3.05, 3.63) is 81.6 Å². The molecule has 0 fully saturated rings. The molecule has 0 aliphatic carbocycles. The van der Waals surface area contributed by atoms with Crippen molar-refractivity contribution < 1.29 is 13.6 Å². The van der Waals surface area contributed by atoms with Crippen LogP contribution in [0.5, 0.6) is 0 Å². The van der Waals surface area contributed by atoms with Crippen LogP contribution in [0.2, 0.25) is 5.02 Å². The highest BCUT2D eigenvalue weighted by atomic mass is 35.5. The van der Waals surface area contributed by atoms with Crippen LogP contribution >= 0.6 is 22.9 Å². The van der Waals surface area contributed by atoms with Crippen molar-refractivity contribution in [2.75, 3.05) is 25.5 Å². The van der Waals surface area contributed by atoms with Crippen molar-refractivity contribution in [1.29, 1.82) is 0 Å². The fraction of sp³-hybridized carbons (Fsp3) is 0.269. The van der Waals surface area contributed by atoms with Crippen LogP contribution < -0.4 is 5.32 Å². The van der Waals surface area contributed by atoms with Gasteiger partial charge in [0, 0.05) is 29.7 Å². The fourth-order valence-corrected chi connectivity index (χ4v) is 5.64. The predicted molar refractivity (Wildman–Crippen MR) is 140 cm³/mol. The minimum atomic E-state index is -0.471. The van der Waals surface area contributed by atoms with Gasteiger partial charge < -0.3 is 14.6 Å². The molecule has 1 amide bonds. The number of benzene rings is 1. The summed E-state index contributed by atoms with van der Waals surface area (Å²) < 4.78 is 19.2. The molecule has 0 radical (unpaired) electrons. The minimum absolute atomic E-state index is 0.00858. The summed E-state index contributed by atoms with van der Waals surface area (Å²) in [6.45, 7) is 4.39. The summed E-state index contributed by atoms with van der Waals surface area (Å²) in [5, 5.41) is 4.23. The number of carbonyl (C=O) groups excluding carboxylic acids is 1. The van der Waals surface area contributed by atoms with Gasteiger partial charge in [-0.1, -0.05) is 17.7 Å². The van der Waals surface area contributed by atoms with E-state index in [0.29, 0.717) is 44.1 Å².